The van der Waals surface area contributed by atoms with E-state index in [1.54, 1.807) is 0 Å². The molecule has 0 saturated carbocycles. The predicted molar refractivity (Wildman–Crippen MR) is 48.0 cm³/mol. The van der Waals surface area contributed by atoms with Crippen molar-refractivity contribution in [3.63, 3.8) is 0 Å². The first-order valence-corrected chi connectivity index (χ1v) is 5.32. The fourth-order valence-corrected chi connectivity index (χ4v) is 1.42. The van der Waals surface area contributed by atoms with Gasteiger partial charge in [-0.1, -0.05) is 6.07 Å². The number of rotatable bonds is 4. The second-order valence-electron chi connectivity index (χ2n) is 2.68. The zero-order chi connectivity index (χ0) is 13.2. The summed E-state index contributed by atoms with van der Waals surface area (Å²) in [6.45, 7) is 0. The van der Waals surface area contributed by atoms with Crippen LogP contribution in [0, 0.1) is 20.2 Å². The second kappa shape index (κ2) is 9.30. The molecule has 10 nitrogen and oxygen atoms in total. The summed E-state index contributed by atoms with van der Waals surface area (Å²) in [6.07, 6.45) is 0. The maximum Gasteiger partial charge on any atom is 1.00 e. The van der Waals surface area contributed by atoms with Gasteiger partial charge in [0.25, 0.3) is 0 Å². The van der Waals surface area contributed by atoms with E-state index in [4.69, 9.17) is 0 Å². The Bertz CT molecular complexity index is 532. The van der Waals surface area contributed by atoms with Crippen molar-refractivity contribution in [2.45, 2.75) is 0 Å². The molecule has 0 fully saturated rings. The number of nitro groups is 2. The van der Waals surface area contributed by atoms with Crippen LogP contribution in [0.15, 0.2) is 18.2 Å². The van der Waals surface area contributed by atoms with Crippen LogP contribution in [0.25, 0.3) is 0 Å². The minimum atomic E-state index is -5.53. The molecule has 0 radical (unpaired) electrons. The molecular weight excluding hydrogens is 337 g/mol. The summed E-state index contributed by atoms with van der Waals surface area (Å²) in [7, 11) is -5.53. The third kappa shape index (κ3) is 7.17. The molecule has 0 bridgehead atoms. The largest absolute Gasteiger partial charge is 1.00 e. The fourth-order valence-electron chi connectivity index (χ4n) is 1.04. The predicted octanol–water partition coefficient (Wildman–Crippen LogP) is -6.28. The van der Waals surface area contributed by atoms with Crippen molar-refractivity contribution in [3.8, 4) is 5.75 Å². The minimum Gasteiger partial charge on any atom is -0.780 e. The zero-order valence-electron chi connectivity index (χ0n) is 9.84. The number of nitro benzene ring substituents is 2. The normalized spacial score (nSPS) is 9.79. The Morgan fingerprint density at radius 2 is 1.58 bits per heavy atom. The number of benzene rings is 1. The standard InChI is InChI=1S/C6H5N2O8P.2K/c9-7(10)4-2-1-3-5(6(4)8(11)12)16-17(13,14)15;;/h1-3H,(H2,13,14,15);;/q;2*+1/p-2. The van der Waals surface area contributed by atoms with E-state index in [0.29, 0.717) is 0 Å². The van der Waals surface area contributed by atoms with E-state index < -0.39 is 34.8 Å². The summed E-state index contributed by atoms with van der Waals surface area (Å²) in [4.78, 5) is 39.4. The second-order valence-corrected chi connectivity index (χ2v) is 3.75. The van der Waals surface area contributed by atoms with Gasteiger partial charge in [-0.2, -0.15) is 0 Å². The number of phosphoric acid groups is 1. The topological polar surface area (TPSA) is 159 Å². The zero-order valence-corrected chi connectivity index (χ0v) is 17.0. The van der Waals surface area contributed by atoms with Gasteiger partial charge in [0.2, 0.25) is 5.75 Å². The Morgan fingerprint density at radius 1 is 1.05 bits per heavy atom. The van der Waals surface area contributed by atoms with Crippen LogP contribution >= 0.6 is 7.82 Å². The quantitative estimate of drug-likeness (QED) is 0.226. The van der Waals surface area contributed by atoms with Crippen LogP contribution in [0.5, 0.6) is 5.75 Å². The molecular formula is C6H3K2N2O8P. The molecule has 0 saturated heterocycles. The van der Waals surface area contributed by atoms with Crippen molar-refractivity contribution in [1.82, 2.24) is 0 Å². The van der Waals surface area contributed by atoms with Gasteiger partial charge < -0.3 is 18.9 Å². The van der Waals surface area contributed by atoms with Crippen LogP contribution in [0.1, 0.15) is 0 Å². The van der Waals surface area contributed by atoms with E-state index >= 15 is 0 Å². The molecule has 1 aromatic rings. The maximum atomic E-state index is 10.6. The SMILES string of the molecule is O=[N+]([O-])c1cccc(OP(=O)([O-])[O-])c1[N+](=O)[O-].[K+].[K+]. The number of para-hydroxylation sites is 1. The van der Waals surface area contributed by atoms with Crippen LogP contribution < -0.4 is 117 Å². The van der Waals surface area contributed by atoms with Crippen LogP contribution in [0.2, 0.25) is 0 Å². The van der Waals surface area contributed by atoms with Crippen molar-refractivity contribution >= 4 is 19.2 Å². The fraction of sp³-hybridized carbons (Fsp3) is 0. The van der Waals surface area contributed by atoms with Crippen molar-refractivity contribution < 1.29 is 131 Å². The van der Waals surface area contributed by atoms with Gasteiger partial charge in [0.05, 0.1) is 9.85 Å². The van der Waals surface area contributed by atoms with Crippen LogP contribution in [0.3, 0.4) is 0 Å². The van der Waals surface area contributed by atoms with Crippen LogP contribution in [0.4, 0.5) is 11.4 Å². The van der Waals surface area contributed by atoms with E-state index in [-0.39, 0.29) is 103 Å². The molecule has 0 aromatic heterocycles. The van der Waals surface area contributed by atoms with E-state index in [1.165, 1.54) is 0 Å². The Balaban J connectivity index is 0. The molecule has 0 unspecified atom stereocenters. The molecule has 0 aliphatic rings. The van der Waals surface area contributed by atoms with Gasteiger partial charge >= 0.3 is 114 Å². The first-order chi connectivity index (χ1) is 7.72. The molecule has 0 spiro atoms. The summed E-state index contributed by atoms with van der Waals surface area (Å²) in [5.74, 6) is -0.988. The van der Waals surface area contributed by atoms with Gasteiger partial charge in [0, 0.05) is 6.07 Å². The Kier molecular flexibility index (Phi) is 11.0. The molecule has 0 atom stereocenters. The minimum absolute atomic E-state index is 0. The van der Waals surface area contributed by atoms with Crippen LogP contribution in [-0.4, -0.2) is 9.85 Å². The molecule has 0 aliphatic carbocycles. The first-order valence-electron chi connectivity index (χ1n) is 3.86. The average molecular weight is 340 g/mol. The van der Waals surface area contributed by atoms with Crippen LogP contribution in [-0.2, 0) is 4.57 Å². The van der Waals surface area contributed by atoms with Crippen molar-refractivity contribution in [2.24, 2.45) is 0 Å². The number of hydrogen-bond donors (Lipinski definition) is 0. The van der Waals surface area contributed by atoms with E-state index in [1.807, 2.05) is 0 Å². The number of hydrogen-bond acceptors (Lipinski definition) is 8. The monoisotopic (exact) mass is 340 g/mol. The van der Waals surface area contributed by atoms with Crippen molar-refractivity contribution in [1.29, 1.82) is 0 Å². The van der Waals surface area contributed by atoms with Gasteiger partial charge in [-0.05, 0) is 6.07 Å². The van der Waals surface area contributed by atoms with E-state index in [0.717, 1.165) is 18.2 Å². The Labute approximate surface area is 191 Å². The van der Waals surface area contributed by atoms with Crippen molar-refractivity contribution in [2.75, 3.05) is 0 Å². The van der Waals surface area contributed by atoms with Crippen molar-refractivity contribution in [3.05, 3.63) is 38.4 Å². The molecule has 1 rings (SSSR count). The molecule has 13 heteroatoms. The van der Waals surface area contributed by atoms with Gasteiger partial charge in [-0.15, -0.1) is 0 Å². The summed E-state index contributed by atoms with van der Waals surface area (Å²) in [6, 6.07) is 2.51. The maximum absolute atomic E-state index is 10.6. The summed E-state index contributed by atoms with van der Waals surface area (Å²) >= 11 is 0. The molecule has 0 aliphatic heterocycles. The van der Waals surface area contributed by atoms with Gasteiger partial charge in [0.1, 0.15) is 7.82 Å². The smallest absolute Gasteiger partial charge is 0.780 e. The van der Waals surface area contributed by atoms with Gasteiger partial charge in [0.15, 0.2) is 0 Å². The number of phosphoric ester groups is 1. The van der Waals surface area contributed by atoms with Gasteiger partial charge in [-0.25, -0.2) is 0 Å². The van der Waals surface area contributed by atoms with E-state index in [2.05, 4.69) is 4.52 Å². The van der Waals surface area contributed by atoms with E-state index in [9.17, 15) is 34.6 Å². The Morgan fingerprint density at radius 3 is 1.95 bits per heavy atom. The summed E-state index contributed by atoms with van der Waals surface area (Å²) < 4.78 is 14.1. The van der Waals surface area contributed by atoms with Gasteiger partial charge in [-0.3, -0.25) is 20.2 Å². The third-order valence-corrected chi connectivity index (χ3v) is 1.99. The molecule has 92 valence electrons. The molecule has 0 amide bonds. The first kappa shape index (κ1) is 22.5. The molecule has 1 aromatic carbocycles. The summed E-state index contributed by atoms with van der Waals surface area (Å²) in [5, 5.41) is 21.0. The summed E-state index contributed by atoms with van der Waals surface area (Å²) in [5.41, 5.74) is -2.16. The Hall–Kier alpha value is 1.24. The molecule has 0 heterocycles. The third-order valence-electron chi connectivity index (χ3n) is 1.57. The molecule has 19 heavy (non-hydrogen) atoms. The number of nitrogens with zero attached hydrogens (tertiary/aromatic N) is 2. The average Bonchev–Trinajstić information content (AvgIpc) is 2.14. The molecule has 0 N–H and O–H groups in total.